The van der Waals surface area contributed by atoms with Crippen LogP contribution in [0.25, 0.3) is 0 Å². The number of carboxylic acids is 1. The summed E-state index contributed by atoms with van der Waals surface area (Å²) in [5.74, 6) is -0.855. The zero-order valence-corrected chi connectivity index (χ0v) is 11.4. The quantitative estimate of drug-likeness (QED) is 0.704. The summed E-state index contributed by atoms with van der Waals surface area (Å²) in [4.78, 5) is 21.6. The summed E-state index contributed by atoms with van der Waals surface area (Å²) >= 11 is 3.33. The molecular formula is C12H15BrN2O3. The third-order valence-corrected chi connectivity index (χ3v) is 2.75. The van der Waals surface area contributed by atoms with Gasteiger partial charge < -0.3 is 15.7 Å². The number of halogens is 1. The maximum absolute atomic E-state index is 11.3. The van der Waals surface area contributed by atoms with Gasteiger partial charge in [0.25, 0.3) is 0 Å². The molecule has 0 unspecified atom stereocenters. The number of urea groups is 1. The monoisotopic (exact) mass is 314 g/mol. The molecule has 0 aliphatic rings. The molecule has 0 aromatic heterocycles. The van der Waals surface area contributed by atoms with Crippen LogP contribution in [0.1, 0.15) is 18.4 Å². The Bertz CT molecular complexity index is 406. The first-order valence-electron chi connectivity index (χ1n) is 5.56. The van der Waals surface area contributed by atoms with Gasteiger partial charge in [0, 0.05) is 24.0 Å². The van der Waals surface area contributed by atoms with Gasteiger partial charge in [-0.15, -0.1) is 0 Å². The van der Waals surface area contributed by atoms with Crippen molar-refractivity contribution >= 4 is 27.9 Å². The molecule has 1 rings (SSSR count). The number of hydrogen-bond donors (Lipinski definition) is 3. The zero-order chi connectivity index (χ0) is 13.4. The third-order valence-electron chi connectivity index (χ3n) is 2.22. The van der Waals surface area contributed by atoms with E-state index < -0.39 is 5.97 Å². The number of rotatable bonds is 6. The first-order valence-corrected chi connectivity index (χ1v) is 6.35. The van der Waals surface area contributed by atoms with Gasteiger partial charge in [-0.2, -0.15) is 0 Å². The Labute approximate surface area is 114 Å². The SMILES string of the molecule is O=C(O)CCCNC(=O)NCc1ccc(Br)cc1. The number of nitrogens with one attached hydrogen (secondary N) is 2. The van der Waals surface area contributed by atoms with Crippen LogP contribution in [0.3, 0.4) is 0 Å². The van der Waals surface area contributed by atoms with Crippen molar-refractivity contribution in [3.05, 3.63) is 34.3 Å². The molecule has 0 aliphatic heterocycles. The van der Waals surface area contributed by atoms with Crippen LogP contribution in [-0.2, 0) is 11.3 Å². The van der Waals surface area contributed by atoms with Crippen molar-refractivity contribution in [2.24, 2.45) is 0 Å². The first-order chi connectivity index (χ1) is 8.58. The summed E-state index contributed by atoms with van der Waals surface area (Å²) in [6, 6.07) is 7.34. The molecule has 2 amide bonds. The van der Waals surface area contributed by atoms with Gasteiger partial charge >= 0.3 is 12.0 Å². The lowest BCUT2D eigenvalue weighted by Gasteiger charge is -2.07. The second kappa shape index (κ2) is 7.71. The number of hydrogen-bond acceptors (Lipinski definition) is 2. The van der Waals surface area contributed by atoms with E-state index in [1.54, 1.807) is 0 Å². The Balaban J connectivity index is 2.17. The van der Waals surface area contributed by atoms with E-state index in [-0.39, 0.29) is 12.5 Å². The van der Waals surface area contributed by atoms with Gasteiger partial charge in [-0.25, -0.2) is 4.79 Å². The standard InChI is InChI=1S/C12H15BrN2O3/c13-10-5-3-9(4-6-10)8-15-12(18)14-7-1-2-11(16)17/h3-6H,1-2,7-8H2,(H,16,17)(H2,14,15,18). The largest absolute Gasteiger partial charge is 0.481 e. The van der Waals surface area contributed by atoms with Crippen molar-refractivity contribution in [3.63, 3.8) is 0 Å². The molecule has 0 spiro atoms. The van der Waals surface area contributed by atoms with E-state index in [4.69, 9.17) is 5.11 Å². The van der Waals surface area contributed by atoms with Gasteiger partial charge in [-0.3, -0.25) is 4.79 Å². The van der Waals surface area contributed by atoms with Crippen molar-refractivity contribution in [3.8, 4) is 0 Å². The minimum atomic E-state index is -0.855. The van der Waals surface area contributed by atoms with Crippen LogP contribution >= 0.6 is 15.9 Å². The highest BCUT2D eigenvalue weighted by molar-refractivity contribution is 9.10. The Morgan fingerprint density at radius 2 is 1.83 bits per heavy atom. The number of carbonyl (C=O) groups is 2. The molecule has 0 radical (unpaired) electrons. The van der Waals surface area contributed by atoms with Crippen molar-refractivity contribution in [2.45, 2.75) is 19.4 Å². The van der Waals surface area contributed by atoms with Gasteiger partial charge in [0.05, 0.1) is 0 Å². The summed E-state index contributed by atoms with van der Waals surface area (Å²) in [6.07, 6.45) is 0.494. The highest BCUT2D eigenvalue weighted by Gasteiger charge is 2.01. The molecule has 0 saturated carbocycles. The minimum Gasteiger partial charge on any atom is -0.481 e. The summed E-state index contributed by atoms with van der Waals surface area (Å²) < 4.78 is 0.990. The molecule has 6 heteroatoms. The number of amides is 2. The van der Waals surface area contributed by atoms with Crippen LogP contribution in [0.2, 0.25) is 0 Å². The Morgan fingerprint density at radius 3 is 2.44 bits per heavy atom. The number of aliphatic carboxylic acids is 1. The highest BCUT2D eigenvalue weighted by atomic mass is 79.9. The Morgan fingerprint density at radius 1 is 1.17 bits per heavy atom. The fraction of sp³-hybridized carbons (Fsp3) is 0.333. The predicted molar refractivity (Wildman–Crippen MR) is 71.3 cm³/mol. The van der Waals surface area contributed by atoms with Crippen LogP contribution in [0.15, 0.2) is 28.7 Å². The van der Waals surface area contributed by atoms with Crippen molar-refractivity contribution < 1.29 is 14.7 Å². The highest BCUT2D eigenvalue weighted by Crippen LogP contribution is 2.09. The lowest BCUT2D eigenvalue weighted by atomic mass is 10.2. The lowest BCUT2D eigenvalue weighted by molar-refractivity contribution is -0.137. The molecule has 3 N–H and O–H groups in total. The average Bonchev–Trinajstić information content (AvgIpc) is 2.34. The van der Waals surface area contributed by atoms with Crippen LogP contribution in [0.4, 0.5) is 4.79 Å². The van der Waals surface area contributed by atoms with E-state index in [0.29, 0.717) is 19.5 Å². The third kappa shape index (κ3) is 6.24. The number of carbonyl (C=O) groups excluding carboxylic acids is 1. The number of benzene rings is 1. The van der Waals surface area contributed by atoms with E-state index in [1.165, 1.54) is 0 Å². The van der Waals surface area contributed by atoms with Crippen LogP contribution in [-0.4, -0.2) is 23.7 Å². The van der Waals surface area contributed by atoms with E-state index in [0.717, 1.165) is 10.0 Å². The van der Waals surface area contributed by atoms with Crippen molar-refractivity contribution in [1.29, 1.82) is 0 Å². The van der Waals surface area contributed by atoms with Gasteiger partial charge in [0.2, 0.25) is 0 Å². The summed E-state index contributed by atoms with van der Waals surface area (Å²) in [7, 11) is 0. The lowest BCUT2D eigenvalue weighted by Crippen LogP contribution is -2.35. The van der Waals surface area contributed by atoms with Crippen molar-refractivity contribution in [2.75, 3.05) is 6.54 Å². The molecule has 0 bridgehead atoms. The van der Waals surface area contributed by atoms with Crippen LogP contribution < -0.4 is 10.6 Å². The van der Waals surface area contributed by atoms with Crippen molar-refractivity contribution in [1.82, 2.24) is 10.6 Å². The van der Waals surface area contributed by atoms with Gasteiger partial charge in [0.15, 0.2) is 0 Å². The molecule has 18 heavy (non-hydrogen) atoms. The topological polar surface area (TPSA) is 78.4 Å². The van der Waals surface area contributed by atoms with Crippen LogP contribution in [0, 0.1) is 0 Å². The maximum atomic E-state index is 11.3. The van der Waals surface area contributed by atoms with E-state index in [2.05, 4.69) is 26.6 Å². The predicted octanol–water partition coefficient (Wildman–Crippen LogP) is 2.11. The molecule has 0 heterocycles. The van der Waals surface area contributed by atoms with E-state index in [1.807, 2.05) is 24.3 Å². The zero-order valence-electron chi connectivity index (χ0n) is 9.78. The molecule has 5 nitrogen and oxygen atoms in total. The normalized spacial score (nSPS) is 9.83. The summed E-state index contributed by atoms with van der Waals surface area (Å²) in [5, 5.41) is 13.7. The minimum absolute atomic E-state index is 0.0625. The molecule has 0 atom stereocenters. The van der Waals surface area contributed by atoms with Gasteiger partial charge in [-0.1, -0.05) is 28.1 Å². The average molecular weight is 315 g/mol. The molecule has 1 aromatic carbocycles. The molecule has 0 fully saturated rings. The van der Waals surface area contributed by atoms with Crippen LogP contribution in [0.5, 0.6) is 0 Å². The van der Waals surface area contributed by atoms with Gasteiger partial charge in [0.1, 0.15) is 0 Å². The fourth-order valence-electron chi connectivity index (χ4n) is 1.29. The summed E-state index contributed by atoms with van der Waals surface area (Å²) in [5.41, 5.74) is 0.999. The molecule has 1 aromatic rings. The smallest absolute Gasteiger partial charge is 0.315 e. The second-order valence-corrected chi connectivity index (χ2v) is 4.65. The molecular weight excluding hydrogens is 300 g/mol. The fourth-order valence-corrected chi connectivity index (χ4v) is 1.55. The molecule has 0 aliphatic carbocycles. The Kier molecular flexibility index (Phi) is 6.21. The van der Waals surface area contributed by atoms with E-state index >= 15 is 0 Å². The first kappa shape index (κ1) is 14.5. The van der Waals surface area contributed by atoms with Gasteiger partial charge in [-0.05, 0) is 24.1 Å². The summed E-state index contributed by atoms with van der Waals surface area (Å²) in [6.45, 7) is 0.802. The van der Waals surface area contributed by atoms with E-state index in [9.17, 15) is 9.59 Å². The molecule has 0 saturated heterocycles. The number of carboxylic acid groups (broad SMARTS) is 1. The second-order valence-electron chi connectivity index (χ2n) is 3.73. The Hall–Kier alpha value is -1.56. The maximum Gasteiger partial charge on any atom is 0.315 e. The molecule has 98 valence electrons.